The van der Waals surface area contributed by atoms with Crippen molar-refractivity contribution >= 4 is 11.7 Å². The van der Waals surface area contributed by atoms with Crippen molar-refractivity contribution in [3.63, 3.8) is 0 Å². The number of halogens is 1. The number of hydrogen-bond donors (Lipinski definition) is 0. The van der Waals surface area contributed by atoms with Crippen molar-refractivity contribution in [1.82, 2.24) is 14.9 Å². The first-order valence-electron chi connectivity index (χ1n) is 9.53. The van der Waals surface area contributed by atoms with Crippen LogP contribution in [-0.4, -0.2) is 41.4 Å². The summed E-state index contributed by atoms with van der Waals surface area (Å²) in [5, 5.41) is 0. The van der Waals surface area contributed by atoms with Crippen molar-refractivity contribution in [1.29, 1.82) is 0 Å². The van der Waals surface area contributed by atoms with Crippen molar-refractivity contribution in [2.24, 2.45) is 0 Å². The Morgan fingerprint density at radius 2 is 2.00 bits per heavy atom. The molecule has 3 heterocycles. The molecule has 3 aromatic rings. The molecule has 0 unspecified atom stereocenters. The fourth-order valence-corrected chi connectivity index (χ4v) is 3.71. The van der Waals surface area contributed by atoms with Crippen LogP contribution in [0.3, 0.4) is 0 Å². The normalized spacial score (nSPS) is 13.3. The minimum atomic E-state index is -0.322. The third kappa shape index (κ3) is 3.60. The molecular formula is C22H23FN4O2. The molecule has 0 bridgehead atoms. The number of carbonyl (C=O) groups excluding carboxylic acids is 1. The zero-order valence-electron chi connectivity index (χ0n) is 17.0. The molecule has 1 aliphatic rings. The first kappa shape index (κ1) is 19.1. The fourth-order valence-electron chi connectivity index (χ4n) is 3.71. The molecule has 2 aromatic heterocycles. The fraction of sp³-hybridized carbons (Fsp3) is 0.318. The van der Waals surface area contributed by atoms with E-state index in [1.54, 1.807) is 30.0 Å². The summed E-state index contributed by atoms with van der Waals surface area (Å²) < 4.78 is 19.2. The van der Waals surface area contributed by atoms with E-state index in [9.17, 15) is 9.18 Å². The molecule has 0 saturated carbocycles. The molecule has 0 fully saturated rings. The lowest BCUT2D eigenvalue weighted by Crippen LogP contribution is -2.37. The highest BCUT2D eigenvalue weighted by molar-refractivity contribution is 5.95. The summed E-state index contributed by atoms with van der Waals surface area (Å²) in [6.45, 7) is 4.62. The van der Waals surface area contributed by atoms with Crippen LogP contribution in [0, 0.1) is 19.7 Å². The Morgan fingerprint density at radius 1 is 1.21 bits per heavy atom. The van der Waals surface area contributed by atoms with E-state index >= 15 is 0 Å². The molecule has 0 N–H and O–H groups in total. The van der Waals surface area contributed by atoms with Crippen molar-refractivity contribution < 1.29 is 13.6 Å². The second-order valence-corrected chi connectivity index (χ2v) is 7.50. The molecule has 1 aliphatic heterocycles. The van der Waals surface area contributed by atoms with Crippen molar-refractivity contribution in [2.75, 3.05) is 25.5 Å². The summed E-state index contributed by atoms with van der Waals surface area (Å²) in [6, 6.07) is 8.07. The monoisotopic (exact) mass is 394 g/mol. The number of hydrogen-bond acceptors (Lipinski definition) is 5. The van der Waals surface area contributed by atoms with Crippen LogP contribution in [0.1, 0.15) is 33.1 Å². The van der Waals surface area contributed by atoms with E-state index in [1.807, 2.05) is 25.9 Å². The van der Waals surface area contributed by atoms with Gasteiger partial charge in [-0.3, -0.25) is 4.79 Å². The Balaban J connectivity index is 1.71. The van der Waals surface area contributed by atoms with Gasteiger partial charge in [-0.05, 0) is 32.0 Å². The van der Waals surface area contributed by atoms with Crippen molar-refractivity contribution in [3.8, 4) is 11.4 Å². The summed E-state index contributed by atoms with van der Waals surface area (Å²) in [5.41, 5.74) is 3.05. The first-order valence-corrected chi connectivity index (χ1v) is 9.53. The lowest BCUT2D eigenvalue weighted by Gasteiger charge is -2.31. The van der Waals surface area contributed by atoms with Crippen LogP contribution in [0.15, 0.2) is 34.7 Å². The maximum atomic E-state index is 13.7. The zero-order valence-corrected chi connectivity index (χ0v) is 17.0. The van der Waals surface area contributed by atoms with Crippen LogP contribution in [0.5, 0.6) is 0 Å². The highest BCUT2D eigenvalue weighted by Crippen LogP contribution is 2.30. The van der Waals surface area contributed by atoms with Gasteiger partial charge in [-0.1, -0.05) is 12.1 Å². The lowest BCUT2D eigenvalue weighted by molar-refractivity contribution is 0.0732. The van der Waals surface area contributed by atoms with Gasteiger partial charge in [0, 0.05) is 38.2 Å². The number of benzene rings is 1. The average molecular weight is 394 g/mol. The van der Waals surface area contributed by atoms with E-state index in [4.69, 9.17) is 9.40 Å². The van der Waals surface area contributed by atoms with Crippen LogP contribution in [0.25, 0.3) is 11.4 Å². The summed E-state index contributed by atoms with van der Waals surface area (Å²) in [5.74, 6) is 2.21. The number of aryl methyl sites for hydroxylation is 2. The van der Waals surface area contributed by atoms with Gasteiger partial charge >= 0.3 is 0 Å². The van der Waals surface area contributed by atoms with Crippen LogP contribution in [0.4, 0.5) is 10.2 Å². The topological polar surface area (TPSA) is 62.5 Å². The summed E-state index contributed by atoms with van der Waals surface area (Å²) in [7, 11) is 3.81. The van der Waals surface area contributed by atoms with E-state index in [1.165, 1.54) is 12.1 Å². The summed E-state index contributed by atoms with van der Waals surface area (Å²) in [6.07, 6.45) is 0.614. The largest absolute Gasteiger partial charge is 0.466 e. The maximum Gasteiger partial charge on any atom is 0.257 e. The Bertz CT molecular complexity index is 1090. The molecule has 1 amide bonds. The van der Waals surface area contributed by atoms with Gasteiger partial charge in [0.15, 0.2) is 5.82 Å². The number of fused-ring (bicyclic) bond motifs is 1. The maximum absolute atomic E-state index is 13.7. The van der Waals surface area contributed by atoms with Gasteiger partial charge in [-0.15, -0.1) is 0 Å². The standard InChI is InChI=1S/C22H23FN4O2/c1-13-10-17(14(2)29-13)22(28)27-9-8-19-18(12-27)21(26(3)4)25-20(24-19)15-6-5-7-16(23)11-15/h5-7,10-11H,8-9,12H2,1-4H3. The summed E-state index contributed by atoms with van der Waals surface area (Å²) >= 11 is 0. The third-order valence-corrected chi connectivity index (χ3v) is 5.10. The second kappa shape index (κ2) is 7.31. The predicted molar refractivity (Wildman–Crippen MR) is 108 cm³/mol. The van der Waals surface area contributed by atoms with Crippen LogP contribution in [0.2, 0.25) is 0 Å². The van der Waals surface area contributed by atoms with E-state index in [0.717, 1.165) is 22.8 Å². The van der Waals surface area contributed by atoms with Gasteiger partial charge in [0.25, 0.3) is 5.91 Å². The van der Waals surface area contributed by atoms with Gasteiger partial charge in [-0.2, -0.15) is 0 Å². The van der Waals surface area contributed by atoms with Crippen LogP contribution in [-0.2, 0) is 13.0 Å². The first-order chi connectivity index (χ1) is 13.8. The SMILES string of the molecule is Cc1cc(C(=O)N2CCc3nc(-c4cccc(F)c4)nc(N(C)C)c3C2)c(C)o1. The predicted octanol–water partition coefficient (Wildman–Crippen LogP) is 3.76. The molecular weight excluding hydrogens is 371 g/mol. The van der Waals surface area contributed by atoms with E-state index in [2.05, 4.69) is 4.98 Å². The lowest BCUT2D eigenvalue weighted by atomic mass is 10.0. The molecule has 1 aromatic carbocycles. The average Bonchev–Trinajstić information content (AvgIpc) is 3.04. The minimum Gasteiger partial charge on any atom is -0.466 e. The Kier molecular flexibility index (Phi) is 4.82. The van der Waals surface area contributed by atoms with E-state index < -0.39 is 0 Å². The van der Waals surface area contributed by atoms with E-state index in [0.29, 0.717) is 42.2 Å². The van der Waals surface area contributed by atoms with Gasteiger partial charge in [0.2, 0.25) is 0 Å². The number of aromatic nitrogens is 2. The quantitative estimate of drug-likeness (QED) is 0.677. The number of rotatable bonds is 3. The number of anilines is 1. The van der Waals surface area contributed by atoms with Gasteiger partial charge in [-0.25, -0.2) is 14.4 Å². The van der Waals surface area contributed by atoms with Crippen LogP contribution >= 0.6 is 0 Å². The van der Waals surface area contributed by atoms with Crippen LogP contribution < -0.4 is 4.90 Å². The second-order valence-electron chi connectivity index (χ2n) is 7.50. The zero-order chi connectivity index (χ0) is 20.7. The Labute approximate surface area is 169 Å². The van der Waals surface area contributed by atoms with Gasteiger partial charge in [0.05, 0.1) is 17.8 Å². The molecule has 4 rings (SSSR count). The van der Waals surface area contributed by atoms with E-state index in [-0.39, 0.29) is 11.7 Å². The molecule has 29 heavy (non-hydrogen) atoms. The van der Waals surface area contributed by atoms with Crippen molar-refractivity contribution in [3.05, 3.63) is 64.5 Å². The molecule has 0 atom stereocenters. The molecule has 7 heteroatoms. The Hall–Kier alpha value is -3.22. The molecule has 6 nitrogen and oxygen atoms in total. The molecule has 0 spiro atoms. The minimum absolute atomic E-state index is 0.0519. The third-order valence-electron chi connectivity index (χ3n) is 5.10. The molecule has 0 saturated heterocycles. The smallest absolute Gasteiger partial charge is 0.257 e. The highest BCUT2D eigenvalue weighted by Gasteiger charge is 2.28. The number of nitrogens with zero attached hydrogens (tertiary/aromatic N) is 4. The van der Waals surface area contributed by atoms with Crippen molar-refractivity contribution in [2.45, 2.75) is 26.8 Å². The number of amides is 1. The molecule has 150 valence electrons. The number of carbonyl (C=O) groups is 1. The number of furan rings is 1. The Morgan fingerprint density at radius 3 is 2.66 bits per heavy atom. The van der Waals surface area contributed by atoms with Gasteiger partial charge < -0.3 is 14.2 Å². The molecule has 0 aliphatic carbocycles. The summed E-state index contributed by atoms with van der Waals surface area (Å²) in [4.78, 5) is 26.1. The molecule has 0 radical (unpaired) electrons. The highest BCUT2D eigenvalue weighted by atomic mass is 19.1. The van der Waals surface area contributed by atoms with Gasteiger partial charge in [0.1, 0.15) is 23.2 Å².